The van der Waals surface area contributed by atoms with Crippen molar-refractivity contribution in [1.29, 1.82) is 0 Å². The molecular formula is C16H16N2O2. The normalized spacial score (nSPS) is 14.4. The van der Waals surface area contributed by atoms with Crippen molar-refractivity contribution in [3.05, 3.63) is 47.5 Å². The minimum absolute atomic E-state index is 0.193. The largest absolute Gasteiger partial charge is 0.308 e. The number of rotatable bonds is 3. The van der Waals surface area contributed by atoms with Crippen LogP contribution in [-0.4, -0.2) is 48.8 Å². The number of imide groups is 1. The standard InChI is InChI=1S/C16H16N2O2/c1-17(2)9-10-18-15(19)12-7-3-5-11-6-4-8-13(14(11)12)16(18)20/h3-8H,9-10H2,1-2H3. The fourth-order valence-electron chi connectivity index (χ4n) is 2.58. The maximum absolute atomic E-state index is 12.5. The third kappa shape index (κ3) is 1.89. The van der Waals surface area contributed by atoms with Crippen LogP contribution >= 0.6 is 0 Å². The lowest BCUT2D eigenvalue weighted by Crippen LogP contribution is -2.43. The first-order valence-electron chi connectivity index (χ1n) is 6.62. The number of nitrogens with zero attached hydrogens (tertiary/aromatic N) is 2. The van der Waals surface area contributed by atoms with Gasteiger partial charge in [-0.2, -0.15) is 0 Å². The van der Waals surface area contributed by atoms with E-state index in [1.807, 2.05) is 43.3 Å². The fourth-order valence-corrected chi connectivity index (χ4v) is 2.58. The molecule has 1 heterocycles. The van der Waals surface area contributed by atoms with Gasteiger partial charge < -0.3 is 4.90 Å². The van der Waals surface area contributed by atoms with Crippen LogP contribution in [0.25, 0.3) is 10.8 Å². The zero-order valence-electron chi connectivity index (χ0n) is 11.6. The fraction of sp³-hybridized carbons (Fsp3) is 0.250. The zero-order valence-corrected chi connectivity index (χ0v) is 11.6. The molecule has 0 aliphatic carbocycles. The Morgan fingerprint density at radius 1 is 0.950 bits per heavy atom. The second-order valence-corrected chi connectivity index (χ2v) is 5.27. The Hall–Kier alpha value is -2.20. The smallest absolute Gasteiger partial charge is 0.261 e. The summed E-state index contributed by atoms with van der Waals surface area (Å²) < 4.78 is 0. The van der Waals surface area contributed by atoms with Crippen LogP contribution in [0.2, 0.25) is 0 Å². The zero-order chi connectivity index (χ0) is 14.3. The Morgan fingerprint density at radius 2 is 1.50 bits per heavy atom. The maximum Gasteiger partial charge on any atom is 0.261 e. The van der Waals surface area contributed by atoms with Crippen LogP contribution in [0, 0.1) is 0 Å². The average Bonchev–Trinajstić information content (AvgIpc) is 2.44. The summed E-state index contributed by atoms with van der Waals surface area (Å²) in [5.74, 6) is -0.387. The summed E-state index contributed by atoms with van der Waals surface area (Å²) in [6.07, 6.45) is 0. The Bertz CT molecular complexity index is 656. The number of likely N-dealkylation sites (N-methyl/N-ethyl adjacent to an activating group) is 1. The Balaban J connectivity index is 2.11. The van der Waals surface area contributed by atoms with Crippen molar-refractivity contribution in [2.24, 2.45) is 0 Å². The first kappa shape index (κ1) is 12.8. The Morgan fingerprint density at radius 3 is 2.00 bits per heavy atom. The quantitative estimate of drug-likeness (QED) is 0.799. The molecule has 20 heavy (non-hydrogen) atoms. The molecule has 0 aromatic heterocycles. The van der Waals surface area contributed by atoms with Gasteiger partial charge in [-0.25, -0.2) is 0 Å². The highest BCUT2D eigenvalue weighted by atomic mass is 16.2. The van der Waals surface area contributed by atoms with E-state index in [2.05, 4.69) is 0 Å². The van der Waals surface area contributed by atoms with E-state index in [0.29, 0.717) is 24.2 Å². The summed E-state index contributed by atoms with van der Waals surface area (Å²) in [5.41, 5.74) is 1.24. The van der Waals surface area contributed by atoms with E-state index in [-0.39, 0.29) is 11.8 Å². The molecule has 2 aromatic carbocycles. The van der Waals surface area contributed by atoms with Gasteiger partial charge in [0, 0.05) is 29.6 Å². The third-order valence-electron chi connectivity index (χ3n) is 3.63. The average molecular weight is 268 g/mol. The number of hydrogen-bond acceptors (Lipinski definition) is 3. The van der Waals surface area contributed by atoms with Crippen molar-refractivity contribution >= 4 is 22.6 Å². The van der Waals surface area contributed by atoms with E-state index in [4.69, 9.17) is 0 Å². The lowest BCUT2D eigenvalue weighted by Gasteiger charge is -2.28. The summed E-state index contributed by atoms with van der Waals surface area (Å²) in [5, 5.41) is 1.72. The van der Waals surface area contributed by atoms with Crippen molar-refractivity contribution in [2.45, 2.75) is 0 Å². The van der Waals surface area contributed by atoms with Crippen LogP contribution in [-0.2, 0) is 0 Å². The summed E-state index contributed by atoms with van der Waals surface area (Å²) in [4.78, 5) is 28.3. The topological polar surface area (TPSA) is 40.6 Å². The summed E-state index contributed by atoms with van der Waals surface area (Å²) in [7, 11) is 3.85. The van der Waals surface area contributed by atoms with Crippen LogP contribution in [0.15, 0.2) is 36.4 Å². The van der Waals surface area contributed by atoms with Gasteiger partial charge in [0.1, 0.15) is 0 Å². The highest BCUT2D eigenvalue weighted by Crippen LogP contribution is 2.29. The molecule has 0 unspecified atom stereocenters. The second-order valence-electron chi connectivity index (χ2n) is 5.27. The minimum Gasteiger partial charge on any atom is -0.308 e. The maximum atomic E-state index is 12.5. The lowest BCUT2D eigenvalue weighted by molar-refractivity contribution is 0.0601. The summed E-state index contributed by atoms with van der Waals surface area (Å²) in [6, 6.07) is 11.2. The number of carbonyl (C=O) groups is 2. The molecule has 4 nitrogen and oxygen atoms in total. The van der Waals surface area contributed by atoms with Gasteiger partial charge in [-0.3, -0.25) is 14.5 Å². The molecule has 102 valence electrons. The SMILES string of the molecule is CN(C)CCN1C(=O)c2cccc3cccc(c23)C1=O. The molecule has 0 saturated heterocycles. The molecular weight excluding hydrogens is 252 g/mol. The van der Waals surface area contributed by atoms with Gasteiger partial charge in [-0.1, -0.05) is 24.3 Å². The van der Waals surface area contributed by atoms with E-state index in [0.717, 1.165) is 10.8 Å². The van der Waals surface area contributed by atoms with Crippen LogP contribution in [0.4, 0.5) is 0 Å². The highest BCUT2D eigenvalue weighted by Gasteiger charge is 2.32. The van der Waals surface area contributed by atoms with Gasteiger partial charge in [-0.05, 0) is 31.6 Å². The van der Waals surface area contributed by atoms with E-state index >= 15 is 0 Å². The van der Waals surface area contributed by atoms with Gasteiger partial charge in [0.25, 0.3) is 11.8 Å². The molecule has 3 rings (SSSR count). The number of benzene rings is 2. The van der Waals surface area contributed by atoms with Crippen molar-refractivity contribution in [2.75, 3.05) is 27.2 Å². The van der Waals surface area contributed by atoms with Crippen molar-refractivity contribution in [1.82, 2.24) is 9.80 Å². The molecule has 0 radical (unpaired) electrons. The monoisotopic (exact) mass is 268 g/mol. The van der Waals surface area contributed by atoms with E-state index in [1.165, 1.54) is 4.90 Å². The molecule has 4 heteroatoms. The summed E-state index contributed by atoms with van der Waals surface area (Å²) in [6.45, 7) is 1.07. The van der Waals surface area contributed by atoms with Crippen LogP contribution in [0.3, 0.4) is 0 Å². The molecule has 1 aliphatic heterocycles. The highest BCUT2D eigenvalue weighted by molar-refractivity contribution is 6.25. The van der Waals surface area contributed by atoms with Crippen molar-refractivity contribution in [3.8, 4) is 0 Å². The first-order valence-corrected chi connectivity index (χ1v) is 6.62. The minimum atomic E-state index is -0.193. The first-order chi connectivity index (χ1) is 9.59. The Labute approximate surface area is 117 Å². The molecule has 0 bridgehead atoms. The van der Waals surface area contributed by atoms with Crippen LogP contribution in [0.5, 0.6) is 0 Å². The second kappa shape index (κ2) is 4.72. The molecule has 2 amide bonds. The molecule has 0 saturated carbocycles. The van der Waals surface area contributed by atoms with Gasteiger partial charge in [0.05, 0.1) is 0 Å². The van der Waals surface area contributed by atoms with E-state index in [9.17, 15) is 9.59 Å². The number of amides is 2. The predicted molar refractivity (Wildman–Crippen MR) is 77.9 cm³/mol. The molecule has 0 spiro atoms. The number of hydrogen-bond donors (Lipinski definition) is 0. The summed E-state index contributed by atoms with van der Waals surface area (Å²) >= 11 is 0. The molecule has 0 N–H and O–H groups in total. The van der Waals surface area contributed by atoms with E-state index in [1.54, 1.807) is 12.1 Å². The van der Waals surface area contributed by atoms with Crippen molar-refractivity contribution < 1.29 is 9.59 Å². The van der Waals surface area contributed by atoms with E-state index < -0.39 is 0 Å². The van der Waals surface area contributed by atoms with Crippen molar-refractivity contribution in [3.63, 3.8) is 0 Å². The van der Waals surface area contributed by atoms with Gasteiger partial charge in [0.2, 0.25) is 0 Å². The van der Waals surface area contributed by atoms with Gasteiger partial charge in [0.15, 0.2) is 0 Å². The van der Waals surface area contributed by atoms with Crippen LogP contribution < -0.4 is 0 Å². The predicted octanol–water partition coefficient (Wildman–Crippen LogP) is 2.00. The molecule has 0 atom stereocenters. The molecule has 0 fully saturated rings. The van der Waals surface area contributed by atoms with Crippen LogP contribution in [0.1, 0.15) is 20.7 Å². The molecule has 2 aromatic rings. The third-order valence-corrected chi connectivity index (χ3v) is 3.63. The molecule has 1 aliphatic rings. The van der Waals surface area contributed by atoms with Gasteiger partial charge in [-0.15, -0.1) is 0 Å². The number of carbonyl (C=O) groups excluding carboxylic acids is 2. The van der Waals surface area contributed by atoms with Gasteiger partial charge >= 0.3 is 0 Å². The lowest BCUT2D eigenvalue weighted by atomic mass is 9.94. The Kier molecular flexibility index (Phi) is 3.03.